The number of ketones is 1. The third-order valence-corrected chi connectivity index (χ3v) is 5.73. The summed E-state index contributed by atoms with van der Waals surface area (Å²) in [5.74, 6) is -2.64. The molecule has 0 saturated carbocycles. The largest absolute Gasteiger partial charge is 0.479 e. The SMILES string of the molecule is CCC[C@@]1(C(=O)O)C(c2cccnc2)CCN1C(=O)C(=O)C(C)(C)CC. The number of hydrogen-bond acceptors (Lipinski definition) is 4. The van der Waals surface area contributed by atoms with Crippen molar-refractivity contribution in [2.24, 2.45) is 5.41 Å². The fraction of sp³-hybridized carbons (Fsp3) is 0.600. The maximum atomic E-state index is 13.0. The van der Waals surface area contributed by atoms with Gasteiger partial charge >= 0.3 is 5.97 Å². The average Bonchev–Trinajstić information content (AvgIpc) is 3.01. The average molecular weight is 360 g/mol. The van der Waals surface area contributed by atoms with E-state index in [0.29, 0.717) is 25.7 Å². The molecule has 0 radical (unpaired) electrons. The molecule has 1 aliphatic heterocycles. The lowest BCUT2D eigenvalue weighted by atomic mass is 9.76. The van der Waals surface area contributed by atoms with Crippen molar-refractivity contribution in [3.05, 3.63) is 30.1 Å². The molecule has 0 bridgehead atoms. The number of aliphatic carboxylic acids is 1. The van der Waals surface area contributed by atoms with Crippen LogP contribution in [0.5, 0.6) is 0 Å². The summed E-state index contributed by atoms with van der Waals surface area (Å²) in [5, 5.41) is 10.2. The molecule has 0 aromatic carbocycles. The second-order valence-electron chi connectivity index (χ2n) is 7.63. The molecule has 1 aliphatic rings. The number of carbonyl (C=O) groups excluding carboxylic acids is 2. The van der Waals surface area contributed by atoms with Crippen molar-refractivity contribution in [1.82, 2.24) is 9.88 Å². The van der Waals surface area contributed by atoms with Gasteiger partial charge in [0, 0.05) is 30.3 Å². The van der Waals surface area contributed by atoms with Crippen LogP contribution in [0.2, 0.25) is 0 Å². The Labute approximate surface area is 154 Å². The predicted octanol–water partition coefficient (Wildman–Crippen LogP) is 3.03. The summed E-state index contributed by atoms with van der Waals surface area (Å²) in [4.78, 5) is 43.6. The number of carboxylic acid groups (broad SMARTS) is 1. The van der Waals surface area contributed by atoms with Crippen LogP contribution < -0.4 is 0 Å². The van der Waals surface area contributed by atoms with Crippen molar-refractivity contribution in [3.8, 4) is 0 Å². The molecule has 0 aliphatic carbocycles. The summed E-state index contributed by atoms with van der Waals surface area (Å²) in [5.41, 5.74) is -1.42. The minimum atomic E-state index is -1.41. The van der Waals surface area contributed by atoms with E-state index in [9.17, 15) is 19.5 Å². The molecule has 1 unspecified atom stereocenters. The quantitative estimate of drug-likeness (QED) is 0.755. The molecule has 6 heteroatoms. The molecule has 1 fully saturated rings. The first-order chi connectivity index (χ1) is 12.2. The van der Waals surface area contributed by atoms with Crippen LogP contribution in [0.4, 0.5) is 0 Å². The van der Waals surface area contributed by atoms with Gasteiger partial charge in [0.05, 0.1) is 0 Å². The van der Waals surface area contributed by atoms with E-state index in [1.807, 2.05) is 19.9 Å². The van der Waals surface area contributed by atoms with Gasteiger partial charge in [0.2, 0.25) is 5.78 Å². The van der Waals surface area contributed by atoms with Crippen molar-refractivity contribution in [2.45, 2.75) is 64.8 Å². The lowest BCUT2D eigenvalue weighted by Gasteiger charge is -2.39. The highest BCUT2D eigenvalue weighted by molar-refractivity contribution is 6.38. The Morgan fingerprint density at radius 1 is 1.35 bits per heavy atom. The molecule has 1 aromatic rings. The van der Waals surface area contributed by atoms with Crippen LogP contribution >= 0.6 is 0 Å². The van der Waals surface area contributed by atoms with E-state index in [0.717, 1.165) is 5.56 Å². The number of Topliss-reactive ketones (excluding diaryl/α,β-unsaturated/α-hetero) is 1. The molecule has 1 amide bonds. The molecule has 1 N–H and O–H groups in total. The van der Waals surface area contributed by atoms with Crippen LogP contribution in [0.15, 0.2) is 24.5 Å². The van der Waals surface area contributed by atoms with Crippen LogP contribution in [0, 0.1) is 5.41 Å². The van der Waals surface area contributed by atoms with Crippen LogP contribution in [-0.2, 0) is 14.4 Å². The first kappa shape index (κ1) is 20.1. The smallest absolute Gasteiger partial charge is 0.330 e. The van der Waals surface area contributed by atoms with Crippen molar-refractivity contribution in [1.29, 1.82) is 0 Å². The summed E-state index contributed by atoms with van der Waals surface area (Å²) < 4.78 is 0. The fourth-order valence-corrected chi connectivity index (χ4v) is 3.83. The molecular formula is C20H28N2O4. The Morgan fingerprint density at radius 2 is 2.04 bits per heavy atom. The van der Waals surface area contributed by atoms with Gasteiger partial charge in [0.1, 0.15) is 5.54 Å². The highest BCUT2D eigenvalue weighted by Crippen LogP contribution is 2.46. The van der Waals surface area contributed by atoms with Crippen molar-refractivity contribution in [3.63, 3.8) is 0 Å². The normalized spacial score (nSPS) is 23.1. The molecular weight excluding hydrogens is 332 g/mol. The van der Waals surface area contributed by atoms with E-state index < -0.39 is 28.6 Å². The van der Waals surface area contributed by atoms with Crippen LogP contribution in [0.25, 0.3) is 0 Å². The molecule has 1 saturated heterocycles. The zero-order valence-electron chi connectivity index (χ0n) is 16.0. The van der Waals surface area contributed by atoms with Gasteiger partial charge in [-0.2, -0.15) is 0 Å². The molecule has 0 spiro atoms. The van der Waals surface area contributed by atoms with Gasteiger partial charge in [-0.05, 0) is 30.9 Å². The zero-order chi connectivity index (χ0) is 19.5. The second kappa shape index (κ2) is 7.56. The Balaban J connectivity index is 2.51. The van der Waals surface area contributed by atoms with Gasteiger partial charge in [-0.3, -0.25) is 14.6 Å². The standard InChI is InChI=1S/C20H28N2O4/c1-5-10-20(18(25)26)15(14-8-7-11-21-13-14)9-12-22(20)17(24)16(23)19(3,4)6-2/h7-8,11,13,15H,5-6,9-10,12H2,1-4H3,(H,25,26)/t15?,20-/m0/s1. The maximum absolute atomic E-state index is 13.0. The number of pyridine rings is 1. The Hall–Kier alpha value is -2.24. The minimum absolute atomic E-state index is 0.260. The molecule has 2 atom stereocenters. The van der Waals surface area contributed by atoms with E-state index in [-0.39, 0.29) is 12.5 Å². The molecule has 26 heavy (non-hydrogen) atoms. The highest BCUT2D eigenvalue weighted by atomic mass is 16.4. The third-order valence-electron chi connectivity index (χ3n) is 5.73. The number of rotatable bonds is 7. The monoisotopic (exact) mass is 360 g/mol. The summed E-state index contributed by atoms with van der Waals surface area (Å²) in [7, 11) is 0. The third kappa shape index (κ3) is 3.24. The Kier molecular flexibility index (Phi) is 5.84. The Bertz CT molecular complexity index is 686. The number of aromatic nitrogens is 1. The van der Waals surface area contributed by atoms with Gasteiger partial charge in [-0.25, -0.2) is 4.79 Å². The van der Waals surface area contributed by atoms with Crippen LogP contribution in [0.1, 0.15) is 64.9 Å². The fourth-order valence-electron chi connectivity index (χ4n) is 3.83. The van der Waals surface area contributed by atoms with Gasteiger partial charge in [0.15, 0.2) is 0 Å². The lowest BCUT2D eigenvalue weighted by molar-refractivity contribution is -0.162. The van der Waals surface area contributed by atoms with Crippen molar-refractivity contribution < 1.29 is 19.5 Å². The van der Waals surface area contributed by atoms with Gasteiger partial charge in [-0.1, -0.05) is 40.2 Å². The molecule has 1 aromatic heterocycles. The highest BCUT2D eigenvalue weighted by Gasteiger charge is 2.58. The zero-order valence-corrected chi connectivity index (χ0v) is 16.0. The summed E-state index contributed by atoms with van der Waals surface area (Å²) >= 11 is 0. The topological polar surface area (TPSA) is 87.6 Å². The van der Waals surface area contributed by atoms with E-state index in [1.165, 1.54) is 4.90 Å². The summed E-state index contributed by atoms with van der Waals surface area (Å²) in [6, 6.07) is 3.61. The number of nitrogens with zero attached hydrogens (tertiary/aromatic N) is 2. The molecule has 2 rings (SSSR count). The van der Waals surface area contributed by atoms with E-state index in [1.54, 1.807) is 32.3 Å². The maximum Gasteiger partial charge on any atom is 0.330 e. The number of likely N-dealkylation sites (tertiary alicyclic amines) is 1. The first-order valence-corrected chi connectivity index (χ1v) is 9.22. The number of carboxylic acids is 1. The molecule has 2 heterocycles. The minimum Gasteiger partial charge on any atom is -0.479 e. The second-order valence-corrected chi connectivity index (χ2v) is 7.63. The van der Waals surface area contributed by atoms with Crippen molar-refractivity contribution >= 4 is 17.7 Å². The first-order valence-electron chi connectivity index (χ1n) is 9.22. The number of amides is 1. The number of carbonyl (C=O) groups is 3. The van der Waals surface area contributed by atoms with E-state index >= 15 is 0 Å². The van der Waals surface area contributed by atoms with Gasteiger partial charge < -0.3 is 10.0 Å². The van der Waals surface area contributed by atoms with Crippen molar-refractivity contribution in [2.75, 3.05) is 6.54 Å². The number of hydrogen-bond donors (Lipinski definition) is 1. The summed E-state index contributed by atoms with van der Waals surface area (Å²) in [6.07, 6.45) is 5.21. The molecule has 6 nitrogen and oxygen atoms in total. The van der Waals surface area contributed by atoms with Gasteiger partial charge in [-0.15, -0.1) is 0 Å². The van der Waals surface area contributed by atoms with E-state index in [4.69, 9.17) is 0 Å². The summed E-state index contributed by atoms with van der Waals surface area (Å²) in [6.45, 7) is 7.46. The lowest BCUT2D eigenvalue weighted by Crippen LogP contribution is -2.58. The van der Waals surface area contributed by atoms with Gasteiger partial charge in [0.25, 0.3) is 5.91 Å². The molecule has 142 valence electrons. The Morgan fingerprint density at radius 3 is 2.54 bits per heavy atom. The van der Waals surface area contributed by atoms with Crippen LogP contribution in [0.3, 0.4) is 0 Å². The van der Waals surface area contributed by atoms with Crippen LogP contribution in [-0.4, -0.2) is 44.7 Å². The predicted molar refractivity (Wildman–Crippen MR) is 97.7 cm³/mol. The van der Waals surface area contributed by atoms with E-state index in [2.05, 4.69) is 4.98 Å².